The average Bonchev–Trinajstić information content (AvgIpc) is 2.62. The van der Waals surface area contributed by atoms with Gasteiger partial charge in [0.15, 0.2) is 0 Å². The molecule has 0 aliphatic carbocycles. The molecule has 0 radical (unpaired) electrons. The van der Waals surface area contributed by atoms with Gasteiger partial charge in [-0.15, -0.1) is 0 Å². The molecule has 0 heterocycles. The van der Waals surface area contributed by atoms with Gasteiger partial charge in [-0.1, -0.05) is 91.0 Å². The first-order valence-corrected chi connectivity index (χ1v) is 8.22. The fourth-order valence-corrected chi connectivity index (χ4v) is 3.14. The third-order valence-corrected chi connectivity index (χ3v) is 4.28. The van der Waals surface area contributed by atoms with Gasteiger partial charge in [-0.3, -0.25) is 0 Å². The molecule has 1 atom stereocenters. The summed E-state index contributed by atoms with van der Waals surface area (Å²) in [4.78, 5) is 0. The molecule has 0 amide bonds. The molecule has 0 saturated heterocycles. The Hall–Kier alpha value is -2.38. The van der Waals surface area contributed by atoms with Gasteiger partial charge in [-0.2, -0.15) is 0 Å². The molecule has 3 aromatic carbocycles. The SMILES string of the molecule is NC(Cc1ccccc1)CC(c1ccccc1)c1ccccc1. The summed E-state index contributed by atoms with van der Waals surface area (Å²) in [6, 6.07) is 32.0. The Morgan fingerprint density at radius 1 is 0.609 bits per heavy atom. The largest absolute Gasteiger partial charge is 0.327 e. The van der Waals surface area contributed by atoms with E-state index < -0.39 is 0 Å². The van der Waals surface area contributed by atoms with Crippen LogP contribution in [-0.4, -0.2) is 6.04 Å². The second kappa shape index (κ2) is 7.75. The van der Waals surface area contributed by atoms with Crippen molar-refractivity contribution in [3.63, 3.8) is 0 Å². The van der Waals surface area contributed by atoms with Gasteiger partial charge in [0.2, 0.25) is 0 Å². The van der Waals surface area contributed by atoms with Crippen LogP contribution in [-0.2, 0) is 6.42 Å². The highest BCUT2D eigenvalue weighted by molar-refractivity contribution is 5.32. The molecule has 116 valence electrons. The summed E-state index contributed by atoms with van der Waals surface area (Å²) in [6.45, 7) is 0. The van der Waals surface area contributed by atoms with Crippen LogP contribution in [0.4, 0.5) is 0 Å². The number of rotatable bonds is 6. The van der Waals surface area contributed by atoms with Gasteiger partial charge in [0, 0.05) is 12.0 Å². The van der Waals surface area contributed by atoms with E-state index in [4.69, 9.17) is 5.73 Å². The molecule has 1 nitrogen and oxygen atoms in total. The minimum atomic E-state index is 0.141. The van der Waals surface area contributed by atoms with Crippen molar-refractivity contribution >= 4 is 0 Å². The van der Waals surface area contributed by atoms with Crippen molar-refractivity contribution in [3.8, 4) is 0 Å². The predicted molar refractivity (Wildman–Crippen MR) is 97.5 cm³/mol. The van der Waals surface area contributed by atoms with Crippen LogP contribution in [0, 0.1) is 0 Å². The van der Waals surface area contributed by atoms with E-state index in [-0.39, 0.29) is 6.04 Å². The highest BCUT2D eigenvalue weighted by Crippen LogP contribution is 2.29. The second-order valence-electron chi connectivity index (χ2n) is 6.06. The van der Waals surface area contributed by atoms with E-state index in [2.05, 4.69) is 84.9 Å². The van der Waals surface area contributed by atoms with Crippen LogP contribution in [0.25, 0.3) is 0 Å². The molecular formula is C22H23N. The van der Waals surface area contributed by atoms with Crippen LogP contribution in [0.2, 0.25) is 0 Å². The molecule has 0 spiro atoms. The van der Waals surface area contributed by atoms with E-state index in [1.807, 2.05) is 6.07 Å². The van der Waals surface area contributed by atoms with Crippen LogP contribution in [0.3, 0.4) is 0 Å². The zero-order valence-corrected chi connectivity index (χ0v) is 13.3. The molecule has 23 heavy (non-hydrogen) atoms. The minimum Gasteiger partial charge on any atom is -0.327 e. The summed E-state index contributed by atoms with van der Waals surface area (Å²) in [7, 11) is 0. The maximum atomic E-state index is 6.48. The fourth-order valence-electron chi connectivity index (χ4n) is 3.14. The summed E-state index contributed by atoms with van der Waals surface area (Å²) in [6.07, 6.45) is 1.86. The highest BCUT2D eigenvalue weighted by Gasteiger charge is 2.17. The van der Waals surface area contributed by atoms with E-state index in [1.165, 1.54) is 16.7 Å². The Bertz CT molecular complexity index is 652. The summed E-state index contributed by atoms with van der Waals surface area (Å²) in [5.41, 5.74) is 10.5. The van der Waals surface area contributed by atoms with Crippen molar-refractivity contribution in [1.29, 1.82) is 0 Å². The van der Waals surface area contributed by atoms with Gasteiger partial charge in [0.25, 0.3) is 0 Å². The number of nitrogens with two attached hydrogens (primary N) is 1. The average molecular weight is 301 g/mol. The van der Waals surface area contributed by atoms with Crippen LogP contribution in [0.5, 0.6) is 0 Å². The Morgan fingerprint density at radius 3 is 1.52 bits per heavy atom. The van der Waals surface area contributed by atoms with Crippen molar-refractivity contribution in [3.05, 3.63) is 108 Å². The van der Waals surface area contributed by atoms with Crippen molar-refractivity contribution in [2.45, 2.75) is 24.8 Å². The lowest BCUT2D eigenvalue weighted by atomic mass is 9.85. The lowest BCUT2D eigenvalue weighted by Crippen LogP contribution is -2.26. The van der Waals surface area contributed by atoms with Crippen molar-refractivity contribution in [2.75, 3.05) is 0 Å². The molecule has 3 rings (SSSR count). The summed E-state index contributed by atoms with van der Waals surface area (Å²) < 4.78 is 0. The Balaban J connectivity index is 1.79. The maximum absolute atomic E-state index is 6.48. The predicted octanol–water partition coefficient (Wildman–Crippen LogP) is 4.78. The molecule has 1 unspecified atom stereocenters. The molecule has 0 aliphatic rings. The summed E-state index contributed by atoms with van der Waals surface area (Å²) in [5, 5.41) is 0. The highest BCUT2D eigenvalue weighted by atomic mass is 14.6. The van der Waals surface area contributed by atoms with Gasteiger partial charge in [0.05, 0.1) is 0 Å². The molecule has 0 aliphatic heterocycles. The zero-order valence-electron chi connectivity index (χ0n) is 13.3. The normalized spacial score (nSPS) is 12.3. The first-order valence-electron chi connectivity index (χ1n) is 8.22. The van der Waals surface area contributed by atoms with Crippen LogP contribution >= 0.6 is 0 Å². The molecule has 0 fully saturated rings. The number of benzene rings is 3. The van der Waals surface area contributed by atoms with Crippen molar-refractivity contribution in [1.82, 2.24) is 0 Å². The molecular weight excluding hydrogens is 278 g/mol. The second-order valence-corrected chi connectivity index (χ2v) is 6.06. The van der Waals surface area contributed by atoms with Gasteiger partial charge >= 0.3 is 0 Å². The Kier molecular flexibility index (Phi) is 5.23. The van der Waals surface area contributed by atoms with E-state index >= 15 is 0 Å². The maximum Gasteiger partial charge on any atom is 0.0104 e. The molecule has 0 aromatic heterocycles. The van der Waals surface area contributed by atoms with Gasteiger partial charge in [-0.25, -0.2) is 0 Å². The molecule has 0 saturated carbocycles. The minimum absolute atomic E-state index is 0.141. The van der Waals surface area contributed by atoms with Crippen LogP contribution in [0.15, 0.2) is 91.0 Å². The van der Waals surface area contributed by atoms with Crippen LogP contribution < -0.4 is 5.73 Å². The van der Waals surface area contributed by atoms with Gasteiger partial charge in [0.1, 0.15) is 0 Å². The standard InChI is InChI=1S/C22H23N/c23-21(16-18-10-4-1-5-11-18)17-22(19-12-6-2-7-13-19)20-14-8-3-9-15-20/h1-15,21-22H,16-17,23H2. The summed E-state index contributed by atoms with van der Waals surface area (Å²) >= 11 is 0. The quantitative estimate of drug-likeness (QED) is 0.696. The first-order chi connectivity index (χ1) is 11.3. The molecule has 0 bridgehead atoms. The Labute approximate surface area is 138 Å². The summed E-state index contributed by atoms with van der Waals surface area (Å²) in [5.74, 6) is 0.344. The molecule has 1 heteroatoms. The lowest BCUT2D eigenvalue weighted by Gasteiger charge is -2.22. The first kappa shape index (κ1) is 15.5. The monoisotopic (exact) mass is 301 g/mol. The molecule has 3 aromatic rings. The third kappa shape index (κ3) is 4.30. The zero-order chi connectivity index (χ0) is 15.9. The third-order valence-electron chi connectivity index (χ3n) is 4.28. The molecule has 2 N–H and O–H groups in total. The van der Waals surface area contributed by atoms with E-state index in [1.54, 1.807) is 0 Å². The fraction of sp³-hybridized carbons (Fsp3) is 0.182. The van der Waals surface area contributed by atoms with E-state index in [0.717, 1.165) is 12.8 Å². The van der Waals surface area contributed by atoms with Gasteiger partial charge < -0.3 is 5.73 Å². The lowest BCUT2D eigenvalue weighted by molar-refractivity contribution is 0.566. The van der Waals surface area contributed by atoms with Crippen molar-refractivity contribution < 1.29 is 0 Å². The number of hydrogen-bond donors (Lipinski definition) is 1. The van der Waals surface area contributed by atoms with Gasteiger partial charge in [-0.05, 0) is 29.5 Å². The number of hydrogen-bond acceptors (Lipinski definition) is 1. The van der Waals surface area contributed by atoms with Crippen LogP contribution in [0.1, 0.15) is 29.0 Å². The van der Waals surface area contributed by atoms with Crippen molar-refractivity contribution in [2.24, 2.45) is 5.73 Å². The topological polar surface area (TPSA) is 26.0 Å². The Morgan fingerprint density at radius 2 is 1.04 bits per heavy atom. The van der Waals surface area contributed by atoms with E-state index in [9.17, 15) is 0 Å². The van der Waals surface area contributed by atoms with E-state index in [0.29, 0.717) is 5.92 Å². The smallest absolute Gasteiger partial charge is 0.0104 e.